The Labute approximate surface area is 279 Å². The highest BCUT2D eigenvalue weighted by Gasteiger charge is 2.34. The Morgan fingerprint density at radius 3 is 1.33 bits per heavy atom. The van der Waals surface area contributed by atoms with E-state index in [4.69, 9.17) is 18.9 Å². The Morgan fingerprint density at radius 1 is 0.625 bits per heavy atom. The molecule has 260 valence electrons. The van der Waals surface area contributed by atoms with E-state index >= 15 is 0 Å². The summed E-state index contributed by atoms with van der Waals surface area (Å²) in [6.07, 6.45) is 0. The number of hydrogen-bond acceptors (Lipinski definition) is 12. The number of nitrogens with one attached hydrogen (secondary N) is 4. The first-order valence-corrected chi connectivity index (χ1v) is 15.3. The van der Waals surface area contributed by atoms with Gasteiger partial charge in [-0.25, -0.2) is 0 Å². The number of anilines is 2. The van der Waals surface area contributed by atoms with E-state index in [0.717, 1.165) is 0 Å². The third kappa shape index (κ3) is 10.2. The lowest BCUT2D eigenvalue weighted by atomic mass is 9.82. The molecule has 2 aromatic carbocycles. The van der Waals surface area contributed by atoms with Gasteiger partial charge < -0.3 is 29.6 Å². The summed E-state index contributed by atoms with van der Waals surface area (Å²) in [5.41, 5.74) is -0.864. The molecule has 0 heterocycles. The fourth-order valence-electron chi connectivity index (χ4n) is 4.64. The van der Waals surface area contributed by atoms with E-state index in [1.807, 2.05) is 41.5 Å². The minimum absolute atomic E-state index is 0.0474. The first-order chi connectivity index (χ1) is 22.5. The molecule has 4 N–H and O–H groups in total. The quantitative estimate of drug-likeness (QED) is 0.184. The number of methoxy groups -OCH3 is 2. The van der Waals surface area contributed by atoms with Gasteiger partial charge in [-0.15, -0.1) is 0 Å². The summed E-state index contributed by atoms with van der Waals surface area (Å²) in [4.78, 5) is 78.0. The predicted molar refractivity (Wildman–Crippen MR) is 176 cm³/mol. The van der Waals surface area contributed by atoms with Gasteiger partial charge in [0.2, 0.25) is 11.8 Å². The van der Waals surface area contributed by atoms with Crippen molar-refractivity contribution >= 4 is 46.7 Å². The molecule has 2 amide bonds. The van der Waals surface area contributed by atoms with Gasteiger partial charge in [0.25, 0.3) is 0 Å². The van der Waals surface area contributed by atoms with Crippen LogP contribution < -0.4 is 21.3 Å². The average Bonchev–Trinajstić information content (AvgIpc) is 3.01. The number of esters is 2. The molecule has 0 saturated carbocycles. The largest absolute Gasteiger partial charge is 0.468 e. The molecule has 0 aliphatic heterocycles. The van der Waals surface area contributed by atoms with E-state index in [1.165, 1.54) is 50.6 Å². The number of carbonyl (C=O) groups excluding carboxylic acids is 6. The van der Waals surface area contributed by atoms with Gasteiger partial charge in [0.05, 0.1) is 74.2 Å². The normalized spacial score (nSPS) is 13.9. The van der Waals surface area contributed by atoms with Gasteiger partial charge in [-0.2, -0.15) is 0 Å². The van der Waals surface area contributed by atoms with Gasteiger partial charge in [0.15, 0.2) is 11.6 Å². The predicted octanol–water partition coefficient (Wildman–Crippen LogP) is 2.23. The van der Waals surface area contributed by atoms with Crippen molar-refractivity contribution in [2.75, 3.05) is 51.2 Å². The highest BCUT2D eigenvalue weighted by atomic mass is 16.5. The molecule has 1 aliphatic carbocycles. The molecule has 14 nitrogen and oxygen atoms in total. The van der Waals surface area contributed by atoms with Crippen molar-refractivity contribution in [2.24, 2.45) is 0 Å². The molecule has 0 bridgehead atoms. The van der Waals surface area contributed by atoms with Crippen molar-refractivity contribution in [2.45, 2.75) is 64.8 Å². The molecule has 2 aromatic rings. The number of fused-ring (bicyclic) bond motifs is 2. The Balaban J connectivity index is 1.78. The van der Waals surface area contributed by atoms with Crippen LogP contribution in [0.3, 0.4) is 0 Å². The lowest BCUT2D eigenvalue weighted by molar-refractivity contribution is -0.147. The topological polar surface area (TPSA) is 187 Å². The molecule has 0 spiro atoms. The summed E-state index contributed by atoms with van der Waals surface area (Å²) >= 11 is 0. The molecule has 14 heteroatoms. The number of carbonyl (C=O) groups is 6. The lowest BCUT2D eigenvalue weighted by Crippen LogP contribution is -2.46. The van der Waals surface area contributed by atoms with Crippen LogP contribution in [0.2, 0.25) is 0 Å². The van der Waals surface area contributed by atoms with Crippen LogP contribution in [0.5, 0.6) is 0 Å². The van der Waals surface area contributed by atoms with Crippen molar-refractivity contribution in [1.82, 2.24) is 10.6 Å². The van der Waals surface area contributed by atoms with Crippen molar-refractivity contribution in [1.29, 1.82) is 0 Å². The zero-order valence-corrected chi connectivity index (χ0v) is 28.5. The Hall–Kier alpha value is -4.50. The minimum atomic E-state index is -0.936. The van der Waals surface area contributed by atoms with Gasteiger partial charge >= 0.3 is 11.9 Å². The fourth-order valence-corrected chi connectivity index (χ4v) is 4.64. The molecule has 0 unspecified atom stereocenters. The van der Waals surface area contributed by atoms with Crippen LogP contribution >= 0.6 is 0 Å². The van der Waals surface area contributed by atoms with Crippen molar-refractivity contribution < 1.29 is 47.7 Å². The molecule has 0 aromatic heterocycles. The average molecular weight is 669 g/mol. The van der Waals surface area contributed by atoms with Gasteiger partial charge in [-0.05, 0) is 53.7 Å². The van der Waals surface area contributed by atoms with E-state index in [-0.39, 0.29) is 59.9 Å². The number of ether oxygens (including phenoxy) is 4. The summed E-state index contributed by atoms with van der Waals surface area (Å²) in [6, 6.07) is 7.10. The van der Waals surface area contributed by atoms with Crippen LogP contribution in [0, 0.1) is 0 Å². The zero-order chi connectivity index (χ0) is 35.8. The standard InChI is InChI=1S/C34H44N4O10/c1-33(2,3)47-17-23(31(43)45-7)35-15-25(39)37-21-13-9-11-19-27(21)30(42)28-20(29(19)41)12-10-14-22(28)38-26(40)16-36-24(32(44)46-8)18-48-34(4,5)6/h9-14,23-24,35-36H,15-18H2,1-8H3,(H,37,39)(H,38,40)/t23-,24-/m0/s1. The van der Waals surface area contributed by atoms with Gasteiger partial charge in [0, 0.05) is 11.1 Å². The van der Waals surface area contributed by atoms with Crippen molar-refractivity contribution in [3.63, 3.8) is 0 Å². The monoisotopic (exact) mass is 668 g/mol. The summed E-state index contributed by atoms with van der Waals surface area (Å²) < 4.78 is 21.0. The minimum Gasteiger partial charge on any atom is -0.468 e. The van der Waals surface area contributed by atoms with Crippen LogP contribution in [0.15, 0.2) is 36.4 Å². The third-order valence-electron chi connectivity index (χ3n) is 6.98. The third-order valence-corrected chi connectivity index (χ3v) is 6.98. The lowest BCUT2D eigenvalue weighted by Gasteiger charge is -2.24. The van der Waals surface area contributed by atoms with E-state index in [1.54, 1.807) is 0 Å². The van der Waals surface area contributed by atoms with E-state index in [2.05, 4.69) is 21.3 Å². The number of hydrogen-bond donors (Lipinski definition) is 4. The number of benzene rings is 2. The van der Waals surface area contributed by atoms with Crippen molar-refractivity contribution in [3.05, 3.63) is 58.7 Å². The summed E-state index contributed by atoms with van der Waals surface area (Å²) in [6.45, 7) is 10.2. The summed E-state index contributed by atoms with van der Waals surface area (Å²) in [7, 11) is 2.45. The molecular weight excluding hydrogens is 624 g/mol. The van der Waals surface area contributed by atoms with Crippen LogP contribution in [-0.4, -0.2) is 99.1 Å². The van der Waals surface area contributed by atoms with E-state index < -0.39 is 58.6 Å². The second-order valence-corrected chi connectivity index (χ2v) is 13.0. The first-order valence-electron chi connectivity index (χ1n) is 15.3. The van der Waals surface area contributed by atoms with Gasteiger partial charge in [-0.1, -0.05) is 24.3 Å². The Bertz CT molecular complexity index is 1450. The van der Waals surface area contributed by atoms with E-state index in [0.29, 0.717) is 0 Å². The number of ketones is 2. The van der Waals surface area contributed by atoms with Gasteiger partial charge in [-0.3, -0.25) is 39.4 Å². The SMILES string of the molecule is COC(=O)[C@H](COC(C)(C)C)NCC(=O)Nc1cccc2c1C(=O)c1c(NC(=O)CN[C@@H](COC(C)(C)C)C(=O)OC)cccc1C2=O. The first kappa shape index (κ1) is 38.0. The number of amides is 2. The maximum atomic E-state index is 14.0. The van der Waals surface area contributed by atoms with Crippen LogP contribution in [0.25, 0.3) is 0 Å². The Kier molecular flexibility index (Phi) is 12.7. The number of rotatable bonds is 14. The van der Waals surface area contributed by atoms with Gasteiger partial charge in [0.1, 0.15) is 12.1 Å². The maximum Gasteiger partial charge on any atom is 0.325 e. The molecule has 0 fully saturated rings. The highest BCUT2D eigenvalue weighted by molar-refractivity contribution is 6.32. The van der Waals surface area contributed by atoms with Crippen molar-refractivity contribution in [3.8, 4) is 0 Å². The molecule has 0 saturated heterocycles. The second-order valence-electron chi connectivity index (χ2n) is 13.0. The second kappa shape index (κ2) is 16.1. The van der Waals surface area contributed by atoms with Crippen LogP contribution in [0.4, 0.5) is 11.4 Å². The fraction of sp³-hybridized carbons (Fsp3) is 0.471. The van der Waals surface area contributed by atoms with E-state index in [9.17, 15) is 28.8 Å². The molecule has 1 aliphatic rings. The summed E-state index contributed by atoms with van der Waals surface area (Å²) in [5, 5.41) is 10.9. The molecule has 0 radical (unpaired) electrons. The summed E-state index contributed by atoms with van der Waals surface area (Å²) in [5.74, 6) is -3.50. The molecule has 48 heavy (non-hydrogen) atoms. The highest BCUT2D eigenvalue weighted by Crippen LogP contribution is 2.35. The van der Waals surface area contributed by atoms with Crippen LogP contribution in [-0.2, 0) is 38.1 Å². The molecule has 3 rings (SSSR count). The maximum absolute atomic E-state index is 14.0. The zero-order valence-electron chi connectivity index (χ0n) is 28.5. The molecule has 2 atom stereocenters. The molecular formula is C34H44N4O10. The Morgan fingerprint density at radius 2 is 1.00 bits per heavy atom. The smallest absolute Gasteiger partial charge is 0.325 e. The van der Waals surface area contributed by atoms with Crippen LogP contribution in [0.1, 0.15) is 73.4 Å².